The minimum Gasteiger partial charge on any atom is -0.338 e. The number of hydrogen-bond donors (Lipinski definition) is 0. The highest BCUT2D eigenvalue weighted by atomic mass is 35.5. The molecule has 2 unspecified atom stereocenters. The summed E-state index contributed by atoms with van der Waals surface area (Å²) < 4.78 is 0. The minimum atomic E-state index is 0.208. The monoisotopic (exact) mass is 279 g/mol. The Morgan fingerprint density at radius 2 is 2.16 bits per heavy atom. The van der Waals surface area contributed by atoms with E-state index in [1.807, 2.05) is 4.90 Å². The van der Waals surface area contributed by atoms with Crippen LogP contribution in [0.15, 0.2) is 18.2 Å². The lowest BCUT2D eigenvalue weighted by atomic mass is 10.0. The predicted molar refractivity (Wildman–Crippen MR) is 79.6 cm³/mol. The van der Waals surface area contributed by atoms with Crippen molar-refractivity contribution >= 4 is 17.5 Å². The van der Waals surface area contributed by atoms with Gasteiger partial charge in [-0.15, -0.1) is 11.6 Å². The number of benzene rings is 1. The molecule has 2 nitrogen and oxygen atoms in total. The zero-order valence-corrected chi connectivity index (χ0v) is 12.7. The summed E-state index contributed by atoms with van der Waals surface area (Å²) in [7, 11) is 0. The van der Waals surface area contributed by atoms with Crippen LogP contribution in [0.3, 0.4) is 0 Å². The van der Waals surface area contributed by atoms with Crippen LogP contribution >= 0.6 is 11.6 Å². The molecule has 0 radical (unpaired) electrons. The van der Waals surface area contributed by atoms with Crippen molar-refractivity contribution in [2.45, 2.75) is 39.7 Å². The molecule has 0 N–H and O–H groups in total. The Morgan fingerprint density at radius 3 is 2.84 bits per heavy atom. The number of amides is 1. The Labute approximate surface area is 120 Å². The van der Waals surface area contributed by atoms with Crippen LogP contribution in [0, 0.1) is 19.8 Å². The first-order valence-corrected chi connectivity index (χ1v) is 7.48. The summed E-state index contributed by atoms with van der Waals surface area (Å²) in [4.78, 5) is 14.4. The van der Waals surface area contributed by atoms with Crippen LogP contribution in [0.5, 0.6) is 0 Å². The molecule has 1 fully saturated rings. The van der Waals surface area contributed by atoms with Gasteiger partial charge in [-0.2, -0.15) is 0 Å². The summed E-state index contributed by atoms with van der Waals surface area (Å²) in [6.45, 7) is 7.15. The average Bonchev–Trinajstić information content (AvgIpc) is 2.75. The molecule has 0 aliphatic carbocycles. The fourth-order valence-electron chi connectivity index (χ4n) is 2.81. The zero-order chi connectivity index (χ0) is 14.0. The maximum Gasteiger partial charge on any atom is 0.227 e. The molecule has 19 heavy (non-hydrogen) atoms. The lowest BCUT2D eigenvalue weighted by Crippen LogP contribution is -2.39. The van der Waals surface area contributed by atoms with Crippen LogP contribution in [0.2, 0.25) is 0 Å². The van der Waals surface area contributed by atoms with E-state index in [-0.39, 0.29) is 11.9 Å². The Balaban J connectivity index is 2.11. The van der Waals surface area contributed by atoms with Gasteiger partial charge < -0.3 is 4.90 Å². The van der Waals surface area contributed by atoms with E-state index in [4.69, 9.17) is 11.6 Å². The first-order valence-electron chi connectivity index (χ1n) is 6.94. The van der Waals surface area contributed by atoms with Gasteiger partial charge in [-0.1, -0.05) is 30.7 Å². The number of carbonyl (C=O) groups is 1. The molecule has 1 aliphatic rings. The summed E-state index contributed by atoms with van der Waals surface area (Å²) in [5, 5.41) is 0. The highest BCUT2D eigenvalue weighted by Gasteiger charge is 2.33. The molecule has 1 amide bonds. The molecule has 0 spiro atoms. The molecular weight excluding hydrogens is 258 g/mol. The van der Waals surface area contributed by atoms with Gasteiger partial charge in [-0.25, -0.2) is 0 Å². The van der Waals surface area contributed by atoms with Crippen LogP contribution in [-0.4, -0.2) is 29.3 Å². The van der Waals surface area contributed by atoms with Gasteiger partial charge in [-0.3, -0.25) is 4.79 Å². The highest BCUT2D eigenvalue weighted by molar-refractivity contribution is 6.18. The van der Waals surface area contributed by atoms with Crippen LogP contribution in [0.25, 0.3) is 0 Å². The number of halogens is 1. The van der Waals surface area contributed by atoms with E-state index in [1.54, 1.807) is 0 Å². The number of aryl methyl sites for hydroxylation is 2. The van der Waals surface area contributed by atoms with E-state index < -0.39 is 0 Å². The number of likely N-dealkylation sites (tertiary alicyclic amines) is 1. The highest BCUT2D eigenvalue weighted by Crippen LogP contribution is 2.26. The van der Waals surface area contributed by atoms with Gasteiger partial charge >= 0.3 is 0 Å². The molecule has 1 heterocycles. The lowest BCUT2D eigenvalue weighted by Gasteiger charge is -2.25. The number of nitrogens with zero attached hydrogens (tertiary/aromatic N) is 1. The molecule has 0 saturated carbocycles. The standard InChI is InChI=1S/C16H22ClNO/c1-11-4-5-12(2)14(8-11)9-16(19)18-7-6-13(3)15(18)10-17/h4-5,8,13,15H,6-7,9-10H2,1-3H3. The van der Waals surface area contributed by atoms with Crippen molar-refractivity contribution in [3.8, 4) is 0 Å². The third kappa shape index (κ3) is 3.11. The lowest BCUT2D eigenvalue weighted by molar-refractivity contribution is -0.131. The summed E-state index contributed by atoms with van der Waals surface area (Å²) >= 11 is 6.01. The van der Waals surface area contributed by atoms with Crippen LogP contribution in [-0.2, 0) is 11.2 Å². The molecule has 1 saturated heterocycles. The zero-order valence-electron chi connectivity index (χ0n) is 11.9. The summed E-state index contributed by atoms with van der Waals surface area (Å²) in [6.07, 6.45) is 1.56. The topological polar surface area (TPSA) is 20.3 Å². The van der Waals surface area contributed by atoms with Crippen molar-refractivity contribution < 1.29 is 4.79 Å². The van der Waals surface area contributed by atoms with Gasteiger partial charge in [0.2, 0.25) is 5.91 Å². The predicted octanol–water partition coefficient (Wildman–Crippen LogP) is 3.32. The van der Waals surface area contributed by atoms with E-state index in [0.717, 1.165) is 18.5 Å². The van der Waals surface area contributed by atoms with Gasteiger partial charge in [0.25, 0.3) is 0 Å². The molecule has 0 bridgehead atoms. The molecule has 2 rings (SSSR count). The van der Waals surface area contributed by atoms with Crippen molar-refractivity contribution in [1.82, 2.24) is 4.90 Å². The summed E-state index contributed by atoms with van der Waals surface area (Å²) in [5.41, 5.74) is 3.53. The Kier molecular flexibility index (Phi) is 4.51. The molecule has 1 aromatic rings. The molecule has 0 aromatic heterocycles. The molecule has 1 aliphatic heterocycles. The second-order valence-corrected chi connectivity index (χ2v) is 5.99. The number of hydrogen-bond acceptors (Lipinski definition) is 1. The van der Waals surface area contributed by atoms with Crippen LogP contribution < -0.4 is 0 Å². The van der Waals surface area contributed by atoms with E-state index in [2.05, 4.69) is 39.0 Å². The molecular formula is C16H22ClNO. The Morgan fingerprint density at radius 1 is 1.42 bits per heavy atom. The molecule has 1 aromatic carbocycles. The summed E-state index contributed by atoms with van der Waals surface area (Å²) in [6, 6.07) is 6.49. The normalized spacial score (nSPS) is 22.8. The third-order valence-electron chi connectivity index (χ3n) is 4.21. The Bertz CT molecular complexity index is 472. The summed E-state index contributed by atoms with van der Waals surface area (Å²) in [5.74, 6) is 1.27. The van der Waals surface area contributed by atoms with Gasteiger partial charge in [-0.05, 0) is 37.3 Å². The molecule has 2 atom stereocenters. The van der Waals surface area contributed by atoms with Gasteiger partial charge in [0.1, 0.15) is 0 Å². The second kappa shape index (κ2) is 5.96. The van der Waals surface area contributed by atoms with E-state index in [9.17, 15) is 4.79 Å². The number of alkyl halides is 1. The van der Waals surface area contributed by atoms with Crippen molar-refractivity contribution in [3.63, 3.8) is 0 Å². The van der Waals surface area contributed by atoms with Crippen molar-refractivity contribution in [3.05, 3.63) is 34.9 Å². The molecule has 3 heteroatoms. The van der Waals surface area contributed by atoms with Crippen molar-refractivity contribution in [2.75, 3.05) is 12.4 Å². The van der Waals surface area contributed by atoms with Crippen LogP contribution in [0.1, 0.15) is 30.0 Å². The number of carbonyl (C=O) groups excluding carboxylic acids is 1. The van der Waals surface area contributed by atoms with E-state index in [1.165, 1.54) is 11.1 Å². The van der Waals surface area contributed by atoms with Gasteiger partial charge in [0.05, 0.1) is 6.42 Å². The third-order valence-corrected chi connectivity index (χ3v) is 4.52. The first kappa shape index (κ1) is 14.4. The largest absolute Gasteiger partial charge is 0.338 e. The van der Waals surface area contributed by atoms with Gasteiger partial charge in [0, 0.05) is 18.5 Å². The maximum absolute atomic E-state index is 12.5. The van der Waals surface area contributed by atoms with E-state index in [0.29, 0.717) is 18.2 Å². The quantitative estimate of drug-likeness (QED) is 0.777. The van der Waals surface area contributed by atoms with Crippen LogP contribution in [0.4, 0.5) is 0 Å². The van der Waals surface area contributed by atoms with Crippen molar-refractivity contribution in [2.24, 2.45) is 5.92 Å². The van der Waals surface area contributed by atoms with Gasteiger partial charge in [0.15, 0.2) is 0 Å². The fourth-order valence-corrected chi connectivity index (χ4v) is 3.28. The SMILES string of the molecule is Cc1ccc(C)c(CC(=O)N2CCC(C)C2CCl)c1. The number of rotatable bonds is 3. The minimum absolute atomic E-state index is 0.208. The van der Waals surface area contributed by atoms with Crippen molar-refractivity contribution in [1.29, 1.82) is 0 Å². The fraction of sp³-hybridized carbons (Fsp3) is 0.562. The smallest absolute Gasteiger partial charge is 0.227 e. The Hall–Kier alpha value is -1.02. The maximum atomic E-state index is 12.5. The first-order chi connectivity index (χ1) is 9.02. The molecule has 104 valence electrons. The van der Waals surface area contributed by atoms with E-state index >= 15 is 0 Å². The average molecular weight is 280 g/mol. The second-order valence-electron chi connectivity index (χ2n) is 5.68.